The van der Waals surface area contributed by atoms with Gasteiger partial charge in [0.05, 0.1) is 16.7 Å². The van der Waals surface area contributed by atoms with Crippen LogP contribution in [0.4, 0.5) is 17.1 Å². The van der Waals surface area contributed by atoms with Crippen LogP contribution < -0.4 is 4.90 Å². The van der Waals surface area contributed by atoms with Gasteiger partial charge in [0.1, 0.15) is 22.3 Å². The van der Waals surface area contributed by atoms with Crippen molar-refractivity contribution in [3.8, 4) is 5.69 Å². The summed E-state index contributed by atoms with van der Waals surface area (Å²) in [5, 5.41) is 9.16. The van der Waals surface area contributed by atoms with Gasteiger partial charge in [-0.05, 0) is 89.6 Å². The smallest absolute Gasteiger partial charge is 0.136 e. The van der Waals surface area contributed by atoms with Crippen LogP contribution in [-0.4, -0.2) is 4.57 Å². The number of rotatable bonds is 4. The molecule has 0 atom stereocenters. The quantitative estimate of drug-likeness (QED) is 0.192. The second-order valence-electron chi connectivity index (χ2n) is 13.0. The van der Waals surface area contributed by atoms with E-state index in [1.807, 2.05) is 24.3 Å². The number of anilines is 3. The normalized spacial score (nSPS) is 12.0. The fourth-order valence-corrected chi connectivity index (χ4v) is 7.90. The number of fused-ring (bicyclic) bond motifs is 10. The van der Waals surface area contributed by atoms with E-state index in [9.17, 15) is 0 Å². The molecule has 0 aliphatic carbocycles. The van der Waals surface area contributed by atoms with Gasteiger partial charge in [0.25, 0.3) is 0 Å². The molecule has 4 heteroatoms. The Labute approximate surface area is 286 Å². The minimum absolute atomic E-state index is 0.872. The first-order valence-electron chi connectivity index (χ1n) is 16.9. The fourth-order valence-electron chi connectivity index (χ4n) is 7.90. The van der Waals surface area contributed by atoms with E-state index in [2.05, 4.69) is 155 Å². The second kappa shape index (κ2) is 10.4. The Morgan fingerprint density at radius 2 is 1.00 bits per heavy atom. The molecule has 11 rings (SSSR count). The van der Waals surface area contributed by atoms with Gasteiger partial charge >= 0.3 is 0 Å². The number of benzene rings is 8. The zero-order valence-electron chi connectivity index (χ0n) is 26.9. The maximum atomic E-state index is 6.34. The minimum atomic E-state index is 0.872. The topological polar surface area (TPSA) is 34.5 Å². The lowest BCUT2D eigenvalue weighted by atomic mass is 10.0. The van der Waals surface area contributed by atoms with Crippen LogP contribution in [0.15, 0.2) is 179 Å². The highest BCUT2D eigenvalue weighted by Gasteiger charge is 2.23. The number of nitrogens with zero attached hydrogens (tertiary/aromatic N) is 2. The lowest BCUT2D eigenvalue weighted by Crippen LogP contribution is -2.11. The summed E-state index contributed by atoms with van der Waals surface area (Å²) < 4.78 is 15.0. The van der Waals surface area contributed by atoms with Crippen molar-refractivity contribution < 1.29 is 8.83 Å². The maximum Gasteiger partial charge on any atom is 0.136 e. The summed E-state index contributed by atoms with van der Waals surface area (Å²) in [7, 11) is 0. The van der Waals surface area contributed by atoms with Crippen LogP contribution >= 0.6 is 0 Å². The van der Waals surface area contributed by atoms with Gasteiger partial charge in [-0.25, -0.2) is 0 Å². The van der Waals surface area contributed by atoms with Crippen molar-refractivity contribution >= 4 is 93.5 Å². The largest absolute Gasteiger partial charge is 0.456 e. The Bertz CT molecular complexity index is 3110. The first kappa shape index (κ1) is 27.2. The molecule has 0 aliphatic heterocycles. The van der Waals surface area contributed by atoms with Crippen molar-refractivity contribution in [1.82, 2.24) is 4.57 Å². The number of hydrogen-bond acceptors (Lipinski definition) is 3. The Balaban J connectivity index is 1.23. The summed E-state index contributed by atoms with van der Waals surface area (Å²) in [6.07, 6.45) is 0. The molecule has 0 spiro atoms. The third kappa shape index (κ3) is 3.93. The van der Waals surface area contributed by atoms with Gasteiger partial charge in [0.15, 0.2) is 0 Å². The van der Waals surface area contributed by atoms with E-state index in [1.165, 1.54) is 21.7 Å². The van der Waals surface area contributed by atoms with Crippen molar-refractivity contribution in [2.45, 2.75) is 0 Å². The molecule has 8 aromatic carbocycles. The molecule has 0 saturated carbocycles. The molecular weight excluding hydrogens is 613 g/mol. The minimum Gasteiger partial charge on any atom is -0.456 e. The molecular formula is C46H28N2O2. The lowest BCUT2D eigenvalue weighted by molar-refractivity contribution is 0.668. The standard InChI is InChI=1S/C46H28N2O2/c1-2-11-31(12-3-1)48-40-17-7-4-13-34(40)37-16-10-18-41(46(37)48)47(33-23-24-44-39(28-33)36-15-6-8-19-42(36)49-44)32-22-21-29-26-38-35-14-5-9-20-43(35)50-45(38)27-30(29)25-32/h1-28H. The van der Waals surface area contributed by atoms with Crippen molar-refractivity contribution in [2.75, 3.05) is 4.90 Å². The van der Waals surface area contributed by atoms with Gasteiger partial charge in [-0.3, -0.25) is 0 Å². The molecule has 0 radical (unpaired) electrons. The van der Waals surface area contributed by atoms with Gasteiger partial charge in [0, 0.05) is 49.4 Å². The van der Waals surface area contributed by atoms with Crippen LogP contribution in [0.3, 0.4) is 0 Å². The predicted octanol–water partition coefficient (Wildman–Crippen LogP) is 13.2. The molecule has 0 aliphatic rings. The third-order valence-electron chi connectivity index (χ3n) is 10.1. The Morgan fingerprint density at radius 1 is 0.380 bits per heavy atom. The molecule has 0 fully saturated rings. The first-order valence-corrected chi connectivity index (χ1v) is 16.9. The number of furan rings is 2. The third-order valence-corrected chi connectivity index (χ3v) is 10.1. The highest BCUT2D eigenvalue weighted by atomic mass is 16.3. The number of hydrogen-bond donors (Lipinski definition) is 0. The van der Waals surface area contributed by atoms with Crippen LogP contribution in [0.5, 0.6) is 0 Å². The van der Waals surface area contributed by atoms with E-state index >= 15 is 0 Å². The molecule has 11 aromatic rings. The van der Waals surface area contributed by atoms with Crippen LogP contribution in [0, 0.1) is 0 Å². The fraction of sp³-hybridized carbons (Fsp3) is 0. The van der Waals surface area contributed by atoms with Crippen molar-refractivity contribution in [3.05, 3.63) is 170 Å². The van der Waals surface area contributed by atoms with Gasteiger partial charge in [-0.1, -0.05) is 91.0 Å². The summed E-state index contributed by atoms with van der Waals surface area (Å²) in [6.45, 7) is 0. The van der Waals surface area contributed by atoms with Gasteiger partial charge in [-0.2, -0.15) is 0 Å². The van der Waals surface area contributed by atoms with Crippen LogP contribution in [-0.2, 0) is 0 Å². The number of para-hydroxylation sites is 5. The number of aromatic nitrogens is 1. The van der Waals surface area contributed by atoms with E-state index < -0.39 is 0 Å². The molecule has 3 heterocycles. The molecule has 4 nitrogen and oxygen atoms in total. The van der Waals surface area contributed by atoms with E-state index in [1.54, 1.807) is 0 Å². The average molecular weight is 641 g/mol. The van der Waals surface area contributed by atoms with Gasteiger partial charge < -0.3 is 18.3 Å². The predicted molar refractivity (Wildman–Crippen MR) is 208 cm³/mol. The molecule has 0 amide bonds. The summed E-state index contributed by atoms with van der Waals surface area (Å²) in [6, 6.07) is 60.3. The van der Waals surface area contributed by atoms with Crippen LogP contribution in [0.2, 0.25) is 0 Å². The van der Waals surface area contributed by atoms with E-state index in [-0.39, 0.29) is 0 Å². The van der Waals surface area contributed by atoms with Crippen LogP contribution in [0.25, 0.3) is 82.1 Å². The maximum absolute atomic E-state index is 6.34. The van der Waals surface area contributed by atoms with E-state index in [0.717, 1.165) is 77.5 Å². The Kier molecular flexibility index (Phi) is 5.63. The zero-order valence-corrected chi connectivity index (χ0v) is 26.9. The molecule has 0 bridgehead atoms. The van der Waals surface area contributed by atoms with Crippen molar-refractivity contribution in [1.29, 1.82) is 0 Å². The van der Waals surface area contributed by atoms with Crippen molar-refractivity contribution in [2.24, 2.45) is 0 Å². The van der Waals surface area contributed by atoms with Crippen molar-refractivity contribution in [3.63, 3.8) is 0 Å². The zero-order chi connectivity index (χ0) is 32.8. The van der Waals surface area contributed by atoms with Gasteiger partial charge in [-0.15, -0.1) is 0 Å². The summed E-state index contributed by atoms with van der Waals surface area (Å²) in [4.78, 5) is 2.39. The summed E-state index contributed by atoms with van der Waals surface area (Å²) in [5.74, 6) is 0. The Hall–Kier alpha value is -6.78. The van der Waals surface area contributed by atoms with Crippen LogP contribution in [0.1, 0.15) is 0 Å². The molecule has 0 unspecified atom stereocenters. The molecule has 0 saturated heterocycles. The summed E-state index contributed by atoms with van der Waals surface area (Å²) in [5.41, 5.74) is 10.2. The highest BCUT2D eigenvalue weighted by Crippen LogP contribution is 2.45. The van der Waals surface area contributed by atoms with E-state index in [4.69, 9.17) is 8.83 Å². The average Bonchev–Trinajstić information content (AvgIpc) is 3.84. The van der Waals surface area contributed by atoms with E-state index in [0.29, 0.717) is 0 Å². The molecule has 50 heavy (non-hydrogen) atoms. The molecule has 3 aromatic heterocycles. The first-order chi connectivity index (χ1) is 24.8. The molecule has 234 valence electrons. The summed E-state index contributed by atoms with van der Waals surface area (Å²) >= 11 is 0. The SMILES string of the molecule is c1ccc(-n2c3ccccc3c3cccc(N(c4ccc5cc6c(cc5c4)oc4ccccc46)c4ccc5oc6ccccc6c5c4)c32)cc1. The van der Waals surface area contributed by atoms with Gasteiger partial charge in [0.2, 0.25) is 0 Å². The monoisotopic (exact) mass is 640 g/mol. The highest BCUT2D eigenvalue weighted by molar-refractivity contribution is 6.16. The second-order valence-corrected chi connectivity index (χ2v) is 13.0. The Morgan fingerprint density at radius 3 is 1.82 bits per heavy atom. The molecule has 0 N–H and O–H groups in total. The lowest BCUT2D eigenvalue weighted by Gasteiger charge is -2.27.